The minimum absolute atomic E-state index is 0.221. The normalized spacial score (nSPS) is 22.8. The molecule has 28 heavy (non-hydrogen) atoms. The van der Waals surface area contributed by atoms with Crippen LogP contribution >= 0.6 is 0 Å². The molecule has 2 saturated heterocycles. The van der Waals surface area contributed by atoms with Gasteiger partial charge in [-0.05, 0) is 35.8 Å². The molecule has 0 bridgehead atoms. The molecule has 0 aliphatic carbocycles. The lowest BCUT2D eigenvalue weighted by Gasteiger charge is -2.37. The summed E-state index contributed by atoms with van der Waals surface area (Å²) in [6.07, 6.45) is 6.95. The Morgan fingerprint density at radius 3 is 2.75 bits per heavy atom. The third-order valence-electron chi connectivity index (χ3n) is 5.76. The van der Waals surface area contributed by atoms with Crippen LogP contribution in [0, 0.1) is 0 Å². The van der Waals surface area contributed by atoms with Crippen LogP contribution in [0.1, 0.15) is 37.2 Å². The zero-order valence-corrected chi connectivity index (χ0v) is 16.7. The standard InChI is InChI=1S/C21H30N6O/c1-18(21-22-23-24-27(21)17-20-10-6-16-28-20)26-14-12-25(13-15-26)11-5-9-19-7-3-2-4-8-19/h2-5,7-9,18,20H,6,10-17H2,1H3/b9-5+/t18-,20?/m0/s1. The number of hydrogen-bond donors (Lipinski definition) is 0. The summed E-state index contributed by atoms with van der Waals surface area (Å²) in [7, 11) is 0. The molecule has 0 saturated carbocycles. The van der Waals surface area contributed by atoms with E-state index in [-0.39, 0.29) is 12.1 Å². The van der Waals surface area contributed by atoms with Gasteiger partial charge in [-0.15, -0.1) is 5.10 Å². The lowest BCUT2D eigenvalue weighted by molar-refractivity contribution is 0.0844. The second-order valence-electron chi connectivity index (χ2n) is 7.68. The first kappa shape index (κ1) is 19.2. The van der Waals surface area contributed by atoms with E-state index in [2.05, 4.69) is 74.7 Å². The topological polar surface area (TPSA) is 59.3 Å². The summed E-state index contributed by atoms with van der Waals surface area (Å²) in [5.41, 5.74) is 1.26. The Bertz CT molecular complexity index is 747. The van der Waals surface area contributed by atoms with Crippen LogP contribution in [0.25, 0.3) is 6.08 Å². The average Bonchev–Trinajstić information content (AvgIpc) is 3.41. The van der Waals surface area contributed by atoms with Gasteiger partial charge < -0.3 is 4.74 Å². The Morgan fingerprint density at radius 1 is 1.18 bits per heavy atom. The molecule has 1 aromatic heterocycles. The van der Waals surface area contributed by atoms with E-state index in [1.54, 1.807) is 0 Å². The summed E-state index contributed by atoms with van der Waals surface area (Å²) < 4.78 is 7.69. The van der Waals surface area contributed by atoms with Crippen LogP contribution in [0.5, 0.6) is 0 Å². The van der Waals surface area contributed by atoms with Crippen molar-refractivity contribution < 1.29 is 4.74 Å². The Balaban J connectivity index is 1.27. The highest BCUT2D eigenvalue weighted by Gasteiger charge is 2.27. The first-order valence-corrected chi connectivity index (χ1v) is 10.4. The zero-order chi connectivity index (χ0) is 19.2. The molecule has 4 rings (SSSR count). The van der Waals surface area contributed by atoms with E-state index in [9.17, 15) is 0 Å². The number of ether oxygens (including phenoxy) is 1. The van der Waals surface area contributed by atoms with Gasteiger partial charge in [0, 0.05) is 39.3 Å². The first-order chi connectivity index (χ1) is 13.8. The molecule has 2 atom stereocenters. The van der Waals surface area contributed by atoms with Gasteiger partial charge in [0.25, 0.3) is 0 Å². The summed E-state index contributed by atoms with van der Waals surface area (Å²) >= 11 is 0. The molecule has 1 unspecified atom stereocenters. The molecule has 2 aromatic rings. The number of hydrogen-bond acceptors (Lipinski definition) is 6. The van der Waals surface area contributed by atoms with Gasteiger partial charge in [0.2, 0.25) is 0 Å². The van der Waals surface area contributed by atoms with E-state index in [1.165, 1.54) is 5.56 Å². The molecule has 2 aliphatic rings. The molecule has 1 aromatic carbocycles. The summed E-state index contributed by atoms with van der Waals surface area (Å²) in [5, 5.41) is 12.5. The fraction of sp³-hybridized carbons (Fsp3) is 0.571. The zero-order valence-electron chi connectivity index (χ0n) is 16.7. The van der Waals surface area contributed by atoms with Crippen molar-refractivity contribution >= 4 is 6.08 Å². The van der Waals surface area contributed by atoms with Crippen LogP contribution in [0.4, 0.5) is 0 Å². The van der Waals surface area contributed by atoms with Crippen LogP contribution in [0.15, 0.2) is 36.4 Å². The van der Waals surface area contributed by atoms with Crippen LogP contribution in [0.3, 0.4) is 0 Å². The molecule has 7 nitrogen and oxygen atoms in total. The largest absolute Gasteiger partial charge is 0.376 e. The van der Waals surface area contributed by atoms with E-state index >= 15 is 0 Å². The van der Waals surface area contributed by atoms with Gasteiger partial charge in [-0.2, -0.15) is 0 Å². The van der Waals surface area contributed by atoms with Crippen molar-refractivity contribution in [2.75, 3.05) is 39.3 Å². The number of tetrazole rings is 1. The van der Waals surface area contributed by atoms with Crippen molar-refractivity contribution in [2.45, 2.75) is 38.5 Å². The molecular formula is C21H30N6O. The molecular weight excluding hydrogens is 352 g/mol. The molecule has 0 amide bonds. The summed E-state index contributed by atoms with van der Waals surface area (Å²) in [6, 6.07) is 10.7. The molecule has 150 valence electrons. The predicted molar refractivity (Wildman–Crippen MR) is 109 cm³/mol. The Hall–Kier alpha value is -2.09. The maximum absolute atomic E-state index is 5.75. The molecule has 0 N–H and O–H groups in total. The molecule has 2 aliphatic heterocycles. The highest BCUT2D eigenvalue weighted by atomic mass is 16.5. The van der Waals surface area contributed by atoms with Gasteiger partial charge in [0.05, 0.1) is 18.7 Å². The van der Waals surface area contributed by atoms with Crippen LogP contribution < -0.4 is 0 Å². The number of benzene rings is 1. The van der Waals surface area contributed by atoms with Gasteiger partial charge in [0.15, 0.2) is 5.82 Å². The Morgan fingerprint density at radius 2 is 2.00 bits per heavy atom. The van der Waals surface area contributed by atoms with E-state index in [1.807, 2.05) is 4.68 Å². The fourth-order valence-corrected chi connectivity index (χ4v) is 4.02. The van der Waals surface area contributed by atoms with Crippen molar-refractivity contribution in [1.29, 1.82) is 0 Å². The second-order valence-corrected chi connectivity index (χ2v) is 7.68. The SMILES string of the molecule is C[C@@H](c1nnnn1CC1CCCO1)N1CCN(C/C=C/c2ccccc2)CC1. The van der Waals surface area contributed by atoms with Crippen LogP contribution in [0.2, 0.25) is 0 Å². The van der Waals surface area contributed by atoms with E-state index < -0.39 is 0 Å². The van der Waals surface area contributed by atoms with Crippen molar-refractivity contribution in [3.8, 4) is 0 Å². The lowest BCUT2D eigenvalue weighted by Crippen LogP contribution is -2.47. The summed E-state index contributed by atoms with van der Waals surface area (Å²) in [4.78, 5) is 4.98. The first-order valence-electron chi connectivity index (χ1n) is 10.4. The van der Waals surface area contributed by atoms with Crippen molar-refractivity contribution in [3.63, 3.8) is 0 Å². The maximum Gasteiger partial charge on any atom is 0.168 e. The fourth-order valence-electron chi connectivity index (χ4n) is 4.02. The van der Waals surface area contributed by atoms with Gasteiger partial charge in [-0.1, -0.05) is 42.5 Å². The maximum atomic E-state index is 5.75. The van der Waals surface area contributed by atoms with Crippen molar-refractivity contribution in [3.05, 3.63) is 47.8 Å². The summed E-state index contributed by atoms with van der Waals surface area (Å²) in [6.45, 7) is 9.03. The quantitative estimate of drug-likeness (QED) is 0.732. The Labute approximate surface area is 167 Å². The van der Waals surface area contributed by atoms with E-state index in [0.717, 1.165) is 64.5 Å². The van der Waals surface area contributed by atoms with E-state index in [0.29, 0.717) is 0 Å². The average molecular weight is 383 g/mol. The number of nitrogens with zero attached hydrogens (tertiary/aromatic N) is 6. The van der Waals surface area contributed by atoms with Crippen LogP contribution in [-0.4, -0.2) is 75.4 Å². The molecule has 2 fully saturated rings. The molecule has 7 heteroatoms. The van der Waals surface area contributed by atoms with Gasteiger partial charge in [-0.25, -0.2) is 4.68 Å². The molecule has 0 spiro atoms. The predicted octanol–water partition coefficient (Wildman–Crippen LogP) is 2.24. The third kappa shape index (κ3) is 4.84. The minimum atomic E-state index is 0.221. The molecule has 3 heterocycles. The number of rotatable bonds is 7. The lowest BCUT2D eigenvalue weighted by atomic mass is 10.2. The Kier molecular flexibility index (Phi) is 6.46. The van der Waals surface area contributed by atoms with Gasteiger partial charge in [-0.3, -0.25) is 9.80 Å². The smallest absolute Gasteiger partial charge is 0.168 e. The highest BCUT2D eigenvalue weighted by Crippen LogP contribution is 2.21. The van der Waals surface area contributed by atoms with E-state index in [4.69, 9.17) is 4.74 Å². The number of piperazine rings is 1. The van der Waals surface area contributed by atoms with Gasteiger partial charge >= 0.3 is 0 Å². The summed E-state index contributed by atoms with van der Waals surface area (Å²) in [5.74, 6) is 0.952. The highest BCUT2D eigenvalue weighted by molar-refractivity contribution is 5.48. The minimum Gasteiger partial charge on any atom is -0.376 e. The third-order valence-corrected chi connectivity index (χ3v) is 5.76. The van der Waals surface area contributed by atoms with Crippen molar-refractivity contribution in [1.82, 2.24) is 30.0 Å². The number of aromatic nitrogens is 4. The van der Waals surface area contributed by atoms with Crippen molar-refractivity contribution in [2.24, 2.45) is 0 Å². The van der Waals surface area contributed by atoms with Crippen LogP contribution in [-0.2, 0) is 11.3 Å². The van der Waals surface area contributed by atoms with Gasteiger partial charge in [0.1, 0.15) is 0 Å². The monoisotopic (exact) mass is 382 g/mol. The molecule has 0 radical (unpaired) electrons. The second kappa shape index (κ2) is 9.41.